The third-order valence-electron chi connectivity index (χ3n) is 6.22. The molecule has 3 aromatic rings. The van der Waals surface area contributed by atoms with Crippen LogP contribution in [0.5, 0.6) is 5.75 Å². The standard InChI is InChI=1S/C23H24F3N5O2/c1-33-20-11-16(10-15-4-7-30(14-23(24,25)26)22(32)21(15)20)18-12-28-31-13-17(2-3-19(18)31)29-8-5-27-6-9-29/h2-3,10-13,27H,4-9,14H2,1H3. The summed E-state index contributed by atoms with van der Waals surface area (Å²) in [7, 11) is 1.42. The molecule has 1 amide bonds. The summed E-state index contributed by atoms with van der Waals surface area (Å²) in [5.74, 6) is -0.381. The fourth-order valence-electron chi connectivity index (χ4n) is 4.62. The van der Waals surface area contributed by atoms with Crippen LogP contribution in [0.4, 0.5) is 18.9 Å². The number of hydrogen-bond donors (Lipinski definition) is 1. The zero-order chi connectivity index (χ0) is 23.2. The fourth-order valence-corrected chi connectivity index (χ4v) is 4.62. The van der Waals surface area contributed by atoms with E-state index in [1.54, 1.807) is 12.3 Å². The quantitative estimate of drug-likeness (QED) is 0.650. The molecule has 1 fully saturated rings. The predicted molar refractivity (Wildman–Crippen MR) is 118 cm³/mol. The fraction of sp³-hybridized carbons (Fsp3) is 0.391. The number of rotatable bonds is 4. The van der Waals surface area contributed by atoms with Gasteiger partial charge in [0.1, 0.15) is 12.3 Å². The first-order valence-corrected chi connectivity index (χ1v) is 10.8. The van der Waals surface area contributed by atoms with Crippen molar-refractivity contribution >= 4 is 17.1 Å². The summed E-state index contributed by atoms with van der Waals surface area (Å²) in [6, 6.07) is 7.65. The van der Waals surface area contributed by atoms with Crippen molar-refractivity contribution in [2.45, 2.75) is 12.6 Å². The van der Waals surface area contributed by atoms with Crippen LogP contribution in [-0.2, 0) is 6.42 Å². The van der Waals surface area contributed by atoms with Crippen molar-refractivity contribution in [1.82, 2.24) is 19.8 Å². The number of nitrogens with one attached hydrogen (secondary N) is 1. The number of anilines is 1. The molecular formula is C23H24F3N5O2. The van der Waals surface area contributed by atoms with Crippen molar-refractivity contribution in [2.75, 3.05) is 51.3 Å². The first-order valence-electron chi connectivity index (χ1n) is 10.8. The number of carbonyl (C=O) groups excluding carboxylic acids is 1. The molecule has 10 heteroatoms. The Labute approximate surface area is 188 Å². The van der Waals surface area contributed by atoms with E-state index < -0.39 is 18.6 Å². The number of alkyl halides is 3. The molecule has 7 nitrogen and oxygen atoms in total. The summed E-state index contributed by atoms with van der Waals surface area (Å²) in [4.78, 5) is 15.9. The molecule has 5 rings (SSSR count). The highest BCUT2D eigenvalue weighted by atomic mass is 19.4. The lowest BCUT2D eigenvalue weighted by atomic mass is 9.93. The van der Waals surface area contributed by atoms with Crippen molar-refractivity contribution in [3.05, 3.63) is 47.8 Å². The smallest absolute Gasteiger partial charge is 0.406 e. The molecule has 0 unspecified atom stereocenters. The number of halogens is 3. The Kier molecular flexibility index (Phi) is 5.40. The molecule has 1 N–H and O–H groups in total. The van der Waals surface area contributed by atoms with Crippen molar-refractivity contribution in [3.8, 4) is 16.9 Å². The van der Waals surface area contributed by atoms with Crippen LogP contribution >= 0.6 is 0 Å². The number of hydrogen-bond acceptors (Lipinski definition) is 5. The minimum absolute atomic E-state index is 0.0146. The van der Waals surface area contributed by atoms with Crippen LogP contribution in [-0.4, -0.2) is 73.0 Å². The van der Waals surface area contributed by atoms with E-state index in [9.17, 15) is 18.0 Å². The van der Waals surface area contributed by atoms with E-state index in [0.29, 0.717) is 12.0 Å². The number of benzene rings is 1. The van der Waals surface area contributed by atoms with E-state index in [2.05, 4.69) is 21.4 Å². The zero-order valence-electron chi connectivity index (χ0n) is 18.2. The van der Waals surface area contributed by atoms with E-state index in [1.807, 2.05) is 22.8 Å². The van der Waals surface area contributed by atoms with Gasteiger partial charge in [-0.2, -0.15) is 18.3 Å². The van der Waals surface area contributed by atoms with E-state index >= 15 is 0 Å². The normalized spacial score (nSPS) is 16.9. The van der Waals surface area contributed by atoms with E-state index in [-0.39, 0.29) is 17.9 Å². The molecule has 2 aliphatic rings. The van der Waals surface area contributed by atoms with Gasteiger partial charge in [-0.15, -0.1) is 0 Å². The average Bonchev–Trinajstić information content (AvgIpc) is 3.23. The number of fused-ring (bicyclic) bond motifs is 2. The van der Waals surface area contributed by atoms with Gasteiger partial charge in [0.25, 0.3) is 5.91 Å². The summed E-state index contributed by atoms with van der Waals surface area (Å²) in [6.07, 6.45) is -0.355. The van der Waals surface area contributed by atoms with Gasteiger partial charge in [0.05, 0.1) is 36.3 Å². The zero-order valence-corrected chi connectivity index (χ0v) is 18.2. The van der Waals surface area contributed by atoms with Crippen molar-refractivity contribution in [1.29, 1.82) is 0 Å². The second-order valence-corrected chi connectivity index (χ2v) is 8.32. The van der Waals surface area contributed by atoms with Crippen LogP contribution in [0.2, 0.25) is 0 Å². The van der Waals surface area contributed by atoms with Crippen LogP contribution < -0.4 is 15.0 Å². The molecule has 0 saturated carbocycles. The van der Waals surface area contributed by atoms with Crippen LogP contribution in [0, 0.1) is 0 Å². The van der Waals surface area contributed by atoms with E-state index in [0.717, 1.165) is 53.4 Å². The van der Waals surface area contributed by atoms with Crippen LogP contribution in [0.1, 0.15) is 15.9 Å². The predicted octanol–water partition coefficient (Wildman–Crippen LogP) is 2.98. The molecule has 2 aliphatic heterocycles. The van der Waals surface area contributed by atoms with Crippen molar-refractivity contribution in [3.63, 3.8) is 0 Å². The molecule has 33 heavy (non-hydrogen) atoms. The maximum atomic E-state index is 12.9. The Morgan fingerprint density at radius 1 is 1.15 bits per heavy atom. The molecule has 0 aliphatic carbocycles. The van der Waals surface area contributed by atoms with Gasteiger partial charge in [-0.25, -0.2) is 4.52 Å². The summed E-state index contributed by atoms with van der Waals surface area (Å²) in [6.45, 7) is 2.50. The Hall–Kier alpha value is -3.27. The highest BCUT2D eigenvalue weighted by Gasteiger charge is 2.37. The van der Waals surface area contributed by atoms with Crippen molar-refractivity contribution in [2.24, 2.45) is 0 Å². The van der Waals surface area contributed by atoms with Crippen LogP contribution in [0.15, 0.2) is 36.7 Å². The molecule has 174 valence electrons. The molecule has 2 aromatic heterocycles. The Morgan fingerprint density at radius 2 is 1.94 bits per heavy atom. The molecule has 0 spiro atoms. The Balaban J connectivity index is 1.50. The van der Waals surface area contributed by atoms with Crippen LogP contribution in [0.3, 0.4) is 0 Å². The minimum Gasteiger partial charge on any atom is -0.496 e. The number of carbonyl (C=O) groups is 1. The SMILES string of the molecule is COc1cc(-c2cnn3cc(N4CCNCC4)ccc23)cc2c1C(=O)N(CC(F)(F)F)CC2. The number of methoxy groups -OCH3 is 1. The lowest BCUT2D eigenvalue weighted by Crippen LogP contribution is -2.43. The van der Waals surface area contributed by atoms with Gasteiger partial charge in [-0.3, -0.25) is 4.79 Å². The topological polar surface area (TPSA) is 62.1 Å². The van der Waals surface area contributed by atoms with Gasteiger partial charge in [0, 0.05) is 38.3 Å². The third kappa shape index (κ3) is 4.10. The first-order chi connectivity index (χ1) is 15.8. The molecule has 4 heterocycles. The molecule has 1 saturated heterocycles. The lowest BCUT2D eigenvalue weighted by molar-refractivity contribution is -0.141. The largest absolute Gasteiger partial charge is 0.496 e. The monoisotopic (exact) mass is 459 g/mol. The number of pyridine rings is 1. The lowest BCUT2D eigenvalue weighted by Gasteiger charge is -2.30. The average molecular weight is 459 g/mol. The third-order valence-corrected chi connectivity index (χ3v) is 6.22. The minimum atomic E-state index is -4.44. The van der Waals surface area contributed by atoms with Crippen molar-refractivity contribution < 1.29 is 22.7 Å². The maximum absolute atomic E-state index is 12.9. The molecule has 0 bridgehead atoms. The summed E-state index contributed by atoms with van der Waals surface area (Å²) < 4.78 is 45.9. The number of aromatic nitrogens is 2. The number of nitrogens with zero attached hydrogens (tertiary/aromatic N) is 4. The number of piperazine rings is 1. The van der Waals surface area contributed by atoms with Gasteiger partial charge in [-0.1, -0.05) is 0 Å². The van der Waals surface area contributed by atoms with Gasteiger partial charge >= 0.3 is 6.18 Å². The summed E-state index contributed by atoms with van der Waals surface area (Å²) >= 11 is 0. The summed E-state index contributed by atoms with van der Waals surface area (Å²) in [5.41, 5.74) is 4.56. The highest BCUT2D eigenvalue weighted by molar-refractivity contribution is 6.00. The molecule has 0 atom stereocenters. The van der Waals surface area contributed by atoms with Gasteiger partial charge < -0.3 is 19.9 Å². The van der Waals surface area contributed by atoms with Gasteiger partial charge in [-0.05, 0) is 41.8 Å². The van der Waals surface area contributed by atoms with E-state index in [4.69, 9.17) is 4.74 Å². The van der Waals surface area contributed by atoms with Gasteiger partial charge in [0.2, 0.25) is 0 Å². The highest BCUT2D eigenvalue weighted by Crippen LogP contribution is 2.36. The number of ether oxygens (including phenoxy) is 1. The maximum Gasteiger partial charge on any atom is 0.406 e. The Bertz CT molecular complexity index is 1180. The Morgan fingerprint density at radius 3 is 2.67 bits per heavy atom. The number of amides is 1. The van der Waals surface area contributed by atoms with E-state index in [1.165, 1.54) is 7.11 Å². The second kappa shape index (κ2) is 8.26. The second-order valence-electron chi connectivity index (χ2n) is 8.32. The first kappa shape index (κ1) is 21.6. The van der Waals surface area contributed by atoms with Crippen LogP contribution in [0.25, 0.3) is 16.6 Å². The molecular weight excluding hydrogens is 435 g/mol. The van der Waals surface area contributed by atoms with Gasteiger partial charge in [0.15, 0.2) is 0 Å². The molecule has 1 aromatic carbocycles. The summed E-state index contributed by atoms with van der Waals surface area (Å²) in [5, 5.41) is 7.86. The molecule has 0 radical (unpaired) electrons.